The van der Waals surface area contributed by atoms with E-state index < -0.39 is 0 Å². The molecule has 1 atom stereocenters. The summed E-state index contributed by atoms with van der Waals surface area (Å²) in [6.45, 7) is 0.723. The average molecular weight is 273 g/mol. The van der Waals surface area contributed by atoms with Crippen LogP contribution in [0.1, 0.15) is 22.7 Å². The van der Waals surface area contributed by atoms with Crippen LogP contribution >= 0.6 is 0 Å². The van der Waals surface area contributed by atoms with E-state index in [1.54, 1.807) is 19.2 Å². The highest BCUT2D eigenvalue weighted by Crippen LogP contribution is 2.17. The molecule has 0 heterocycles. The lowest BCUT2D eigenvalue weighted by Crippen LogP contribution is -2.13. The molecule has 2 N–H and O–H groups in total. The molecule has 2 aromatic carbocycles. The molecule has 0 aromatic heterocycles. The molecule has 0 radical (unpaired) electrons. The van der Waals surface area contributed by atoms with Crippen LogP contribution in [0.5, 0.6) is 0 Å². The molecule has 0 saturated heterocycles. The molecule has 2 aromatic rings. The molecule has 0 fully saturated rings. The summed E-state index contributed by atoms with van der Waals surface area (Å²) in [4.78, 5) is 0. The van der Waals surface area contributed by atoms with Crippen LogP contribution in [0.3, 0.4) is 0 Å². The second kappa shape index (κ2) is 7.17. The van der Waals surface area contributed by atoms with Crippen LogP contribution in [-0.4, -0.2) is 13.7 Å². The van der Waals surface area contributed by atoms with Crippen molar-refractivity contribution in [2.75, 3.05) is 13.7 Å². The van der Waals surface area contributed by atoms with E-state index in [0.29, 0.717) is 6.42 Å². The Bertz CT molecular complexity index is 522. The number of hydrogen-bond donors (Lipinski definition) is 1. The van der Waals surface area contributed by atoms with Gasteiger partial charge in [-0.15, -0.1) is 0 Å². The predicted molar refractivity (Wildman–Crippen MR) is 79.1 cm³/mol. The van der Waals surface area contributed by atoms with Crippen LogP contribution in [0.15, 0.2) is 48.5 Å². The van der Waals surface area contributed by atoms with Crippen LogP contribution in [0.2, 0.25) is 0 Å². The van der Waals surface area contributed by atoms with Crippen LogP contribution in [0.25, 0.3) is 0 Å². The van der Waals surface area contributed by atoms with Gasteiger partial charge in [-0.3, -0.25) is 0 Å². The number of nitrogens with two attached hydrogens (primary N) is 1. The van der Waals surface area contributed by atoms with Crippen LogP contribution in [0.4, 0.5) is 4.39 Å². The highest BCUT2D eigenvalue weighted by atomic mass is 19.1. The lowest BCUT2D eigenvalue weighted by Gasteiger charge is -2.13. The van der Waals surface area contributed by atoms with Crippen molar-refractivity contribution >= 4 is 0 Å². The number of benzene rings is 2. The van der Waals surface area contributed by atoms with E-state index in [9.17, 15) is 4.39 Å². The van der Waals surface area contributed by atoms with Crippen molar-refractivity contribution in [1.29, 1.82) is 0 Å². The smallest absolute Gasteiger partial charge is 0.123 e. The quantitative estimate of drug-likeness (QED) is 0.876. The summed E-state index contributed by atoms with van der Waals surface area (Å²) in [6, 6.07) is 14.7. The van der Waals surface area contributed by atoms with E-state index >= 15 is 0 Å². The zero-order chi connectivity index (χ0) is 14.4. The zero-order valence-electron chi connectivity index (χ0n) is 11.7. The van der Waals surface area contributed by atoms with Gasteiger partial charge in [-0.1, -0.05) is 36.4 Å². The second-order valence-electron chi connectivity index (χ2n) is 4.92. The van der Waals surface area contributed by atoms with E-state index in [1.807, 2.05) is 0 Å². The minimum Gasteiger partial charge on any atom is -0.384 e. The monoisotopic (exact) mass is 273 g/mol. The molecule has 0 aliphatic heterocycles. The summed E-state index contributed by atoms with van der Waals surface area (Å²) in [5, 5.41) is 0. The Hall–Kier alpha value is -1.71. The third kappa shape index (κ3) is 4.15. The number of hydrogen-bond acceptors (Lipinski definition) is 2. The van der Waals surface area contributed by atoms with Crippen molar-refractivity contribution in [1.82, 2.24) is 0 Å². The first-order chi connectivity index (χ1) is 9.69. The van der Waals surface area contributed by atoms with Crippen molar-refractivity contribution in [3.63, 3.8) is 0 Å². The van der Waals surface area contributed by atoms with Gasteiger partial charge in [0, 0.05) is 13.2 Å². The summed E-state index contributed by atoms with van der Waals surface area (Å²) < 4.78 is 17.9. The first-order valence-electron chi connectivity index (χ1n) is 6.77. The average Bonchev–Trinajstić information content (AvgIpc) is 2.48. The van der Waals surface area contributed by atoms with E-state index in [1.165, 1.54) is 17.7 Å². The molecule has 0 amide bonds. The third-order valence-electron chi connectivity index (χ3n) is 3.37. The highest BCUT2D eigenvalue weighted by molar-refractivity contribution is 5.27. The Balaban J connectivity index is 1.98. The number of methoxy groups -OCH3 is 1. The van der Waals surface area contributed by atoms with Crippen LogP contribution < -0.4 is 5.73 Å². The maximum atomic E-state index is 12.9. The van der Waals surface area contributed by atoms with E-state index in [4.69, 9.17) is 10.5 Å². The van der Waals surface area contributed by atoms with Gasteiger partial charge in [0.15, 0.2) is 0 Å². The largest absolute Gasteiger partial charge is 0.384 e. The predicted octanol–water partition coefficient (Wildman–Crippen LogP) is 3.26. The van der Waals surface area contributed by atoms with Gasteiger partial charge in [0.2, 0.25) is 0 Å². The molecular formula is C17H20FNO. The van der Waals surface area contributed by atoms with Gasteiger partial charge < -0.3 is 10.5 Å². The maximum absolute atomic E-state index is 12.9. The summed E-state index contributed by atoms with van der Waals surface area (Å²) in [6.07, 6.45) is 1.61. The molecule has 106 valence electrons. The second-order valence-corrected chi connectivity index (χ2v) is 4.92. The molecule has 20 heavy (non-hydrogen) atoms. The number of rotatable bonds is 6. The Morgan fingerprint density at radius 2 is 1.60 bits per heavy atom. The van der Waals surface area contributed by atoms with Gasteiger partial charge >= 0.3 is 0 Å². The molecule has 0 aliphatic carbocycles. The maximum Gasteiger partial charge on any atom is 0.123 e. The fourth-order valence-electron chi connectivity index (χ4n) is 2.14. The SMILES string of the molecule is COCCc1ccc(C(N)Cc2ccc(F)cc2)cc1. The molecule has 2 rings (SSSR count). The zero-order valence-corrected chi connectivity index (χ0v) is 11.7. The first kappa shape index (κ1) is 14.7. The van der Waals surface area contributed by atoms with Gasteiger partial charge in [0.05, 0.1) is 6.61 Å². The Labute approximate surface area is 119 Å². The molecule has 0 saturated carbocycles. The molecule has 0 aliphatic rings. The Morgan fingerprint density at radius 1 is 1.00 bits per heavy atom. The van der Waals surface area contributed by atoms with Crippen molar-refractivity contribution in [3.05, 3.63) is 71.0 Å². The normalized spacial score (nSPS) is 12.3. The molecule has 1 unspecified atom stereocenters. The summed E-state index contributed by atoms with van der Waals surface area (Å²) in [5.41, 5.74) is 9.57. The standard InChI is InChI=1S/C17H20FNO/c1-20-11-10-13-2-6-15(7-3-13)17(19)12-14-4-8-16(18)9-5-14/h2-9,17H,10-12,19H2,1H3. The fourth-order valence-corrected chi connectivity index (χ4v) is 2.14. The minimum absolute atomic E-state index is 0.0723. The number of halogens is 1. The van der Waals surface area contributed by atoms with Crippen molar-refractivity contribution in [2.24, 2.45) is 5.73 Å². The van der Waals surface area contributed by atoms with Crippen molar-refractivity contribution in [3.8, 4) is 0 Å². The molecule has 0 spiro atoms. The summed E-state index contributed by atoms with van der Waals surface area (Å²) >= 11 is 0. The lowest BCUT2D eigenvalue weighted by atomic mass is 9.98. The van der Waals surface area contributed by atoms with Gasteiger partial charge in [0.1, 0.15) is 5.82 Å². The fraction of sp³-hybridized carbons (Fsp3) is 0.294. The topological polar surface area (TPSA) is 35.2 Å². The number of ether oxygens (including phenoxy) is 1. The van der Waals surface area contributed by atoms with Crippen LogP contribution in [-0.2, 0) is 17.6 Å². The van der Waals surface area contributed by atoms with Gasteiger partial charge in [-0.2, -0.15) is 0 Å². The summed E-state index contributed by atoms with van der Waals surface area (Å²) in [5.74, 6) is -0.218. The Morgan fingerprint density at radius 3 is 2.20 bits per heavy atom. The lowest BCUT2D eigenvalue weighted by molar-refractivity contribution is 0.202. The van der Waals surface area contributed by atoms with E-state index in [0.717, 1.165) is 24.2 Å². The molecule has 0 bridgehead atoms. The molecule has 3 heteroatoms. The molecule has 2 nitrogen and oxygen atoms in total. The van der Waals surface area contributed by atoms with Gasteiger partial charge in [-0.25, -0.2) is 4.39 Å². The van der Waals surface area contributed by atoms with Gasteiger partial charge in [0.25, 0.3) is 0 Å². The van der Waals surface area contributed by atoms with Crippen molar-refractivity contribution < 1.29 is 9.13 Å². The van der Waals surface area contributed by atoms with E-state index in [2.05, 4.69) is 24.3 Å². The molecular weight excluding hydrogens is 253 g/mol. The highest BCUT2D eigenvalue weighted by Gasteiger charge is 2.07. The first-order valence-corrected chi connectivity index (χ1v) is 6.77. The minimum atomic E-state index is -0.218. The van der Waals surface area contributed by atoms with E-state index in [-0.39, 0.29) is 11.9 Å². The van der Waals surface area contributed by atoms with Crippen LogP contribution in [0, 0.1) is 5.82 Å². The van der Waals surface area contributed by atoms with Crippen molar-refractivity contribution in [2.45, 2.75) is 18.9 Å². The summed E-state index contributed by atoms with van der Waals surface area (Å²) in [7, 11) is 1.70. The third-order valence-corrected chi connectivity index (χ3v) is 3.37. The Kier molecular flexibility index (Phi) is 5.27. The van der Waals surface area contributed by atoms with Gasteiger partial charge in [-0.05, 0) is 41.7 Å².